The first kappa shape index (κ1) is 23.8. The molecule has 4 rings (SSSR count). The quantitative estimate of drug-likeness (QED) is 0.569. The molecule has 1 fully saturated rings. The van der Waals surface area contributed by atoms with Crippen molar-refractivity contribution in [2.75, 3.05) is 13.1 Å². The topological polar surface area (TPSA) is 142 Å². The number of halogens is 3. The van der Waals surface area contributed by atoms with Gasteiger partial charge in [0.25, 0.3) is 5.91 Å². The van der Waals surface area contributed by atoms with E-state index < -0.39 is 39.6 Å². The maximum Gasteiger partial charge on any atom is 0.573 e. The highest BCUT2D eigenvalue weighted by molar-refractivity contribution is 7.89. The molecule has 1 saturated carbocycles. The largest absolute Gasteiger partial charge is 0.573 e. The highest BCUT2D eigenvalue weighted by atomic mass is 32.2. The number of primary amides is 1. The molecular formula is C20H18F3N3O7S. The fourth-order valence-corrected chi connectivity index (χ4v) is 4.66. The van der Waals surface area contributed by atoms with Gasteiger partial charge in [-0.15, -0.1) is 13.2 Å². The minimum absolute atomic E-state index is 0.0436. The van der Waals surface area contributed by atoms with Crippen LogP contribution in [0.5, 0.6) is 5.75 Å². The number of esters is 1. The molecule has 2 aromatic rings. The molecule has 1 aromatic carbocycles. The lowest BCUT2D eigenvalue weighted by molar-refractivity contribution is -0.274. The average molecular weight is 501 g/mol. The van der Waals surface area contributed by atoms with E-state index in [4.69, 9.17) is 14.9 Å². The van der Waals surface area contributed by atoms with E-state index in [0.29, 0.717) is 18.4 Å². The number of nitrogens with two attached hydrogens (primary N) is 1. The fraction of sp³-hybridized carbons (Fsp3) is 0.350. The SMILES string of the molecule is NC(=O)C1(OC(=O)c2coc(C3=CCN(S(=O)(=O)c4ccc(OC(F)(F)F)cc4)CC3)n2)CC1. The van der Waals surface area contributed by atoms with Crippen LogP contribution < -0.4 is 10.5 Å². The van der Waals surface area contributed by atoms with Crippen molar-refractivity contribution < 1.29 is 45.1 Å². The predicted octanol–water partition coefficient (Wildman–Crippen LogP) is 2.23. The lowest BCUT2D eigenvalue weighted by atomic mass is 10.1. The van der Waals surface area contributed by atoms with Crippen molar-refractivity contribution in [1.82, 2.24) is 9.29 Å². The van der Waals surface area contributed by atoms with Crippen LogP contribution in [0.1, 0.15) is 35.6 Å². The van der Waals surface area contributed by atoms with Crippen molar-refractivity contribution in [2.24, 2.45) is 5.73 Å². The van der Waals surface area contributed by atoms with Crippen molar-refractivity contribution in [3.8, 4) is 5.75 Å². The summed E-state index contributed by atoms with van der Waals surface area (Å²) in [6, 6.07) is 3.90. The van der Waals surface area contributed by atoms with Crippen molar-refractivity contribution >= 4 is 27.5 Å². The van der Waals surface area contributed by atoms with E-state index in [1.54, 1.807) is 6.08 Å². The van der Waals surface area contributed by atoms with E-state index in [0.717, 1.165) is 34.8 Å². The standard InChI is InChI=1S/C20H18F3N3O7S/c21-20(22,23)32-13-1-3-14(4-2-13)34(29,30)26-9-5-12(6-10-26)16-25-15(11-31-16)17(27)33-19(7-8-19)18(24)28/h1-5,11H,6-10H2,(H2,24,28). The number of benzene rings is 1. The Kier molecular flexibility index (Phi) is 5.89. The summed E-state index contributed by atoms with van der Waals surface area (Å²) in [4.78, 5) is 27.4. The molecule has 2 aliphatic rings. The maximum absolute atomic E-state index is 12.8. The minimum Gasteiger partial charge on any atom is -0.444 e. The van der Waals surface area contributed by atoms with Crippen LogP contribution in [0.15, 0.2) is 45.9 Å². The Morgan fingerprint density at radius 3 is 2.38 bits per heavy atom. The zero-order valence-electron chi connectivity index (χ0n) is 17.4. The van der Waals surface area contributed by atoms with Gasteiger partial charge in [0, 0.05) is 31.5 Å². The lowest BCUT2D eigenvalue weighted by Crippen LogP contribution is -2.35. The van der Waals surface area contributed by atoms with Crippen molar-refractivity contribution in [2.45, 2.75) is 36.1 Å². The van der Waals surface area contributed by atoms with Gasteiger partial charge >= 0.3 is 12.3 Å². The Hall–Kier alpha value is -3.39. The zero-order chi connectivity index (χ0) is 24.7. The molecule has 2 N–H and O–H groups in total. The number of sulfonamides is 1. The van der Waals surface area contributed by atoms with Crippen LogP contribution in [0.3, 0.4) is 0 Å². The first-order valence-corrected chi connectivity index (χ1v) is 11.4. The summed E-state index contributed by atoms with van der Waals surface area (Å²) in [7, 11) is -3.97. The normalized spacial score (nSPS) is 18.1. The smallest absolute Gasteiger partial charge is 0.444 e. The molecule has 1 aliphatic heterocycles. The van der Waals surface area contributed by atoms with Crippen molar-refractivity contribution in [1.29, 1.82) is 0 Å². The Bertz CT molecular complexity index is 1250. The Labute approximate surface area is 191 Å². The van der Waals surface area contributed by atoms with Crippen molar-refractivity contribution in [3.05, 3.63) is 48.2 Å². The number of carbonyl (C=O) groups is 2. The number of amides is 1. The summed E-state index contributed by atoms with van der Waals surface area (Å²) in [6.07, 6.45) is -1.38. The van der Waals surface area contributed by atoms with E-state index in [2.05, 4.69) is 9.72 Å². The first-order chi connectivity index (χ1) is 15.9. The number of aromatic nitrogens is 1. The van der Waals surface area contributed by atoms with E-state index in [1.165, 1.54) is 0 Å². The van der Waals surface area contributed by atoms with Crippen LogP contribution in [-0.2, 0) is 19.6 Å². The Morgan fingerprint density at radius 2 is 1.85 bits per heavy atom. The summed E-state index contributed by atoms with van der Waals surface area (Å²) in [6.45, 7) is -0.00662. The molecule has 1 amide bonds. The summed E-state index contributed by atoms with van der Waals surface area (Å²) in [5, 5.41) is 0. The summed E-state index contributed by atoms with van der Waals surface area (Å²) in [5.41, 5.74) is 4.33. The van der Waals surface area contributed by atoms with Gasteiger partial charge in [-0.05, 0) is 30.7 Å². The van der Waals surface area contributed by atoms with Crippen LogP contribution in [0.2, 0.25) is 0 Å². The summed E-state index contributed by atoms with van der Waals surface area (Å²) in [5.74, 6) is -2.02. The van der Waals surface area contributed by atoms with Gasteiger partial charge in [0.15, 0.2) is 11.3 Å². The molecule has 0 saturated heterocycles. The second kappa shape index (κ2) is 8.43. The molecule has 10 nitrogen and oxygen atoms in total. The van der Waals surface area contributed by atoms with Crippen LogP contribution in [0, 0.1) is 0 Å². The van der Waals surface area contributed by atoms with Gasteiger partial charge in [0.2, 0.25) is 15.9 Å². The second-order valence-electron chi connectivity index (χ2n) is 7.65. The Balaban J connectivity index is 1.41. The molecule has 0 unspecified atom stereocenters. The summed E-state index contributed by atoms with van der Waals surface area (Å²) < 4.78 is 77.8. The molecule has 1 aromatic heterocycles. The number of hydrogen-bond donors (Lipinski definition) is 1. The van der Waals surface area contributed by atoms with E-state index in [-0.39, 0.29) is 36.0 Å². The number of carbonyl (C=O) groups excluding carboxylic acids is 2. The number of rotatable bonds is 7. The van der Waals surface area contributed by atoms with Crippen LogP contribution in [0.25, 0.3) is 5.57 Å². The van der Waals surface area contributed by atoms with Crippen LogP contribution in [0.4, 0.5) is 13.2 Å². The molecule has 0 spiro atoms. The molecule has 1 aliphatic carbocycles. The van der Waals surface area contributed by atoms with Crippen molar-refractivity contribution in [3.63, 3.8) is 0 Å². The molecule has 182 valence electrons. The number of alkyl halides is 3. The number of ether oxygens (including phenoxy) is 2. The average Bonchev–Trinajstić information content (AvgIpc) is 3.38. The predicted molar refractivity (Wildman–Crippen MR) is 108 cm³/mol. The third-order valence-electron chi connectivity index (χ3n) is 5.30. The second-order valence-corrected chi connectivity index (χ2v) is 9.59. The number of oxazole rings is 1. The fourth-order valence-electron chi connectivity index (χ4n) is 3.28. The van der Waals surface area contributed by atoms with E-state index in [1.807, 2.05) is 0 Å². The van der Waals surface area contributed by atoms with Gasteiger partial charge in [-0.25, -0.2) is 18.2 Å². The molecule has 0 radical (unpaired) electrons. The molecule has 34 heavy (non-hydrogen) atoms. The van der Waals surface area contributed by atoms with E-state index >= 15 is 0 Å². The summed E-state index contributed by atoms with van der Waals surface area (Å²) >= 11 is 0. The molecule has 0 bridgehead atoms. The molecule has 2 heterocycles. The van der Waals surface area contributed by atoms with Gasteiger partial charge in [-0.3, -0.25) is 4.79 Å². The lowest BCUT2D eigenvalue weighted by Gasteiger charge is -2.25. The monoisotopic (exact) mass is 501 g/mol. The van der Waals surface area contributed by atoms with Crippen LogP contribution >= 0.6 is 0 Å². The highest BCUT2D eigenvalue weighted by Crippen LogP contribution is 2.40. The van der Waals surface area contributed by atoms with Gasteiger partial charge < -0.3 is 19.6 Å². The van der Waals surface area contributed by atoms with Gasteiger partial charge in [-0.1, -0.05) is 6.08 Å². The molecule has 0 atom stereocenters. The third kappa shape index (κ3) is 4.92. The molecular weight excluding hydrogens is 483 g/mol. The van der Waals surface area contributed by atoms with Gasteiger partial charge in [0.05, 0.1) is 4.90 Å². The van der Waals surface area contributed by atoms with E-state index in [9.17, 15) is 31.2 Å². The minimum atomic E-state index is -4.88. The number of nitrogens with zero attached hydrogens (tertiary/aromatic N) is 2. The van der Waals surface area contributed by atoms with Crippen LogP contribution in [-0.4, -0.2) is 54.6 Å². The Morgan fingerprint density at radius 1 is 1.18 bits per heavy atom. The first-order valence-electron chi connectivity index (χ1n) is 9.94. The molecule has 14 heteroatoms. The highest BCUT2D eigenvalue weighted by Gasteiger charge is 2.53. The maximum atomic E-state index is 12.8. The van der Waals surface area contributed by atoms with Gasteiger partial charge in [0.1, 0.15) is 12.0 Å². The zero-order valence-corrected chi connectivity index (χ0v) is 18.2. The third-order valence-corrected chi connectivity index (χ3v) is 7.18. The number of hydrogen-bond acceptors (Lipinski definition) is 8. The van der Waals surface area contributed by atoms with Gasteiger partial charge in [-0.2, -0.15) is 4.31 Å².